The van der Waals surface area contributed by atoms with Crippen molar-refractivity contribution < 1.29 is 4.39 Å². The molecule has 94 valence electrons. The number of hydrogen-bond acceptors (Lipinski definition) is 1. The first-order valence-electron chi connectivity index (χ1n) is 5.54. The second-order valence-electron chi connectivity index (χ2n) is 3.98. The first-order chi connectivity index (χ1) is 8.65. The largest absolute Gasteiger partial charge is 0.309 e. The summed E-state index contributed by atoms with van der Waals surface area (Å²) in [5.41, 5.74) is 2.03. The van der Waals surface area contributed by atoms with Crippen molar-refractivity contribution >= 4 is 27.5 Å². The molecule has 0 radical (unpaired) electrons. The van der Waals surface area contributed by atoms with E-state index < -0.39 is 0 Å². The Morgan fingerprint density at radius 3 is 2.44 bits per heavy atom. The molecule has 0 atom stereocenters. The molecule has 0 heterocycles. The van der Waals surface area contributed by atoms with Crippen LogP contribution < -0.4 is 5.32 Å². The average Bonchev–Trinajstić information content (AvgIpc) is 2.34. The predicted molar refractivity (Wildman–Crippen MR) is 76.1 cm³/mol. The van der Waals surface area contributed by atoms with E-state index in [1.807, 2.05) is 24.3 Å². The zero-order valence-corrected chi connectivity index (χ0v) is 11.9. The van der Waals surface area contributed by atoms with Crippen molar-refractivity contribution in [1.82, 2.24) is 5.32 Å². The Labute approximate surface area is 119 Å². The number of halogens is 3. The molecule has 0 unspecified atom stereocenters. The zero-order valence-electron chi connectivity index (χ0n) is 9.59. The van der Waals surface area contributed by atoms with E-state index in [9.17, 15) is 4.39 Å². The summed E-state index contributed by atoms with van der Waals surface area (Å²) in [4.78, 5) is 0. The molecule has 0 bridgehead atoms. The summed E-state index contributed by atoms with van der Waals surface area (Å²) in [6.45, 7) is 1.33. The minimum absolute atomic E-state index is 0.207. The third-order valence-corrected chi connectivity index (χ3v) is 3.76. The molecule has 0 saturated carbocycles. The number of nitrogens with one attached hydrogen (secondary N) is 1. The highest BCUT2D eigenvalue weighted by Crippen LogP contribution is 2.23. The SMILES string of the molecule is Fc1cccc(CNCc2ccc(Br)c(Cl)c2)c1. The van der Waals surface area contributed by atoms with Gasteiger partial charge in [0.15, 0.2) is 0 Å². The molecule has 0 fully saturated rings. The molecule has 2 aromatic rings. The zero-order chi connectivity index (χ0) is 13.0. The molecule has 1 N–H and O–H groups in total. The van der Waals surface area contributed by atoms with Crippen LogP contribution in [0.4, 0.5) is 4.39 Å². The van der Waals surface area contributed by atoms with Crippen LogP contribution in [0.1, 0.15) is 11.1 Å². The fourth-order valence-electron chi connectivity index (χ4n) is 1.65. The number of rotatable bonds is 4. The lowest BCUT2D eigenvalue weighted by molar-refractivity contribution is 0.620. The lowest BCUT2D eigenvalue weighted by Gasteiger charge is -2.06. The first-order valence-corrected chi connectivity index (χ1v) is 6.71. The molecule has 0 aliphatic carbocycles. The summed E-state index contributed by atoms with van der Waals surface area (Å²) in [6, 6.07) is 12.4. The van der Waals surface area contributed by atoms with Gasteiger partial charge in [0.1, 0.15) is 5.82 Å². The van der Waals surface area contributed by atoms with Gasteiger partial charge in [-0.2, -0.15) is 0 Å². The van der Waals surface area contributed by atoms with Crippen LogP contribution >= 0.6 is 27.5 Å². The summed E-state index contributed by atoms with van der Waals surface area (Å²) < 4.78 is 13.9. The smallest absolute Gasteiger partial charge is 0.123 e. The summed E-state index contributed by atoms with van der Waals surface area (Å²) in [5.74, 6) is -0.207. The summed E-state index contributed by atoms with van der Waals surface area (Å²) in [7, 11) is 0. The molecule has 1 nitrogen and oxygen atoms in total. The molecular formula is C14H12BrClFN. The highest BCUT2D eigenvalue weighted by molar-refractivity contribution is 9.10. The van der Waals surface area contributed by atoms with Gasteiger partial charge in [-0.3, -0.25) is 0 Å². The van der Waals surface area contributed by atoms with E-state index in [4.69, 9.17) is 11.6 Å². The Hall–Kier alpha value is -0.900. The van der Waals surface area contributed by atoms with Gasteiger partial charge in [-0.1, -0.05) is 29.8 Å². The summed E-state index contributed by atoms with van der Waals surface area (Å²) in [5, 5.41) is 3.95. The standard InChI is InChI=1S/C14H12BrClFN/c15-13-5-4-11(7-14(13)16)9-18-8-10-2-1-3-12(17)6-10/h1-7,18H,8-9H2. The summed E-state index contributed by atoms with van der Waals surface area (Å²) >= 11 is 9.35. The molecule has 2 aromatic carbocycles. The average molecular weight is 329 g/mol. The second-order valence-corrected chi connectivity index (χ2v) is 5.24. The topological polar surface area (TPSA) is 12.0 Å². The van der Waals surface area contributed by atoms with Crippen molar-refractivity contribution in [2.45, 2.75) is 13.1 Å². The van der Waals surface area contributed by atoms with Crippen LogP contribution in [0.3, 0.4) is 0 Å². The van der Waals surface area contributed by atoms with E-state index in [0.29, 0.717) is 18.1 Å². The second kappa shape index (κ2) is 6.32. The highest BCUT2D eigenvalue weighted by atomic mass is 79.9. The van der Waals surface area contributed by atoms with Crippen LogP contribution in [-0.4, -0.2) is 0 Å². The van der Waals surface area contributed by atoms with Gasteiger partial charge >= 0.3 is 0 Å². The molecule has 2 rings (SSSR count). The maximum atomic E-state index is 13.0. The van der Waals surface area contributed by atoms with E-state index in [0.717, 1.165) is 15.6 Å². The van der Waals surface area contributed by atoms with Gasteiger partial charge in [0.25, 0.3) is 0 Å². The van der Waals surface area contributed by atoms with Gasteiger partial charge in [0.05, 0.1) is 5.02 Å². The maximum absolute atomic E-state index is 13.0. The Balaban J connectivity index is 1.90. The van der Waals surface area contributed by atoms with Crippen molar-refractivity contribution in [3.05, 3.63) is 68.9 Å². The van der Waals surface area contributed by atoms with E-state index in [1.165, 1.54) is 12.1 Å². The van der Waals surface area contributed by atoms with Crippen LogP contribution in [0.2, 0.25) is 5.02 Å². The third kappa shape index (κ3) is 3.80. The van der Waals surface area contributed by atoms with Crippen molar-refractivity contribution in [3.63, 3.8) is 0 Å². The van der Waals surface area contributed by atoms with Crippen LogP contribution in [0.5, 0.6) is 0 Å². The molecule has 4 heteroatoms. The Kier molecular flexibility index (Phi) is 4.75. The minimum Gasteiger partial charge on any atom is -0.309 e. The van der Waals surface area contributed by atoms with E-state index >= 15 is 0 Å². The van der Waals surface area contributed by atoms with Crippen molar-refractivity contribution in [1.29, 1.82) is 0 Å². The van der Waals surface area contributed by atoms with E-state index in [2.05, 4.69) is 21.2 Å². The van der Waals surface area contributed by atoms with Gasteiger partial charge in [0, 0.05) is 17.6 Å². The first kappa shape index (κ1) is 13.5. The van der Waals surface area contributed by atoms with Crippen molar-refractivity contribution in [2.24, 2.45) is 0 Å². The van der Waals surface area contributed by atoms with Crippen molar-refractivity contribution in [2.75, 3.05) is 0 Å². The van der Waals surface area contributed by atoms with Crippen LogP contribution in [0.15, 0.2) is 46.9 Å². The maximum Gasteiger partial charge on any atom is 0.123 e. The fraction of sp³-hybridized carbons (Fsp3) is 0.143. The molecule has 18 heavy (non-hydrogen) atoms. The highest BCUT2D eigenvalue weighted by Gasteiger charge is 1.99. The third-order valence-electron chi connectivity index (χ3n) is 2.53. The Bertz CT molecular complexity index is 545. The van der Waals surface area contributed by atoms with Crippen LogP contribution in [0, 0.1) is 5.82 Å². The number of hydrogen-bond donors (Lipinski definition) is 1. The molecule has 0 spiro atoms. The van der Waals surface area contributed by atoms with E-state index in [-0.39, 0.29) is 5.82 Å². The Morgan fingerprint density at radius 2 is 1.78 bits per heavy atom. The minimum atomic E-state index is -0.207. The van der Waals surface area contributed by atoms with Gasteiger partial charge in [-0.15, -0.1) is 0 Å². The molecule has 0 aliphatic heterocycles. The molecular weight excluding hydrogens is 317 g/mol. The fourth-order valence-corrected chi connectivity index (χ4v) is 2.10. The predicted octanol–water partition coefficient (Wildman–Crippen LogP) is 4.53. The molecule has 0 aromatic heterocycles. The van der Waals surface area contributed by atoms with E-state index in [1.54, 1.807) is 6.07 Å². The monoisotopic (exact) mass is 327 g/mol. The van der Waals surface area contributed by atoms with Gasteiger partial charge in [-0.25, -0.2) is 4.39 Å². The quantitative estimate of drug-likeness (QED) is 0.869. The lowest BCUT2D eigenvalue weighted by Crippen LogP contribution is -2.12. The van der Waals surface area contributed by atoms with Gasteiger partial charge < -0.3 is 5.32 Å². The molecule has 0 aliphatic rings. The number of benzene rings is 2. The van der Waals surface area contributed by atoms with Crippen LogP contribution in [0.25, 0.3) is 0 Å². The van der Waals surface area contributed by atoms with Crippen LogP contribution in [-0.2, 0) is 13.1 Å². The summed E-state index contributed by atoms with van der Waals surface area (Å²) in [6.07, 6.45) is 0. The van der Waals surface area contributed by atoms with Gasteiger partial charge in [-0.05, 0) is 51.3 Å². The van der Waals surface area contributed by atoms with Gasteiger partial charge in [0.2, 0.25) is 0 Å². The Morgan fingerprint density at radius 1 is 1.06 bits per heavy atom. The van der Waals surface area contributed by atoms with Crippen molar-refractivity contribution in [3.8, 4) is 0 Å². The molecule has 0 saturated heterocycles. The normalized spacial score (nSPS) is 10.6. The molecule has 0 amide bonds. The lowest BCUT2D eigenvalue weighted by atomic mass is 10.2.